The first-order valence-corrected chi connectivity index (χ1v) is 6.75. The van der Waals surface area contributed by atoms with E-state index in [1.165, 1.54) is 36.0 Å². The standard InChI is InChI=1S/C11H10N2O3S2/c1-6-4-17-9(11(15)16-2)8(6)13-10(14)7-3-12-5-18-7/h3-5H,1-2H3,(H,13,14). The van der Waals surface area contributed by atoms with E-state index in [9.17, 15) is 9.59 Å². The Morgan fingerprint density at radius 1 is 1.39 bits per heavy atom. The van der Waals surface area contributed by atoms with E-state index < -0.39 is 5.97 Å². The second kappa shape index (κ2) is 5.28. The van der Waals surface area contributed by atoms with E-state index in [1.54, 1.807) is 10.9 Å². The van der Waals surface area contributed by atoms with Crippen LogP contribution in [-0.2, 0) is 4.74 Å². The van der Waals surface area contributed by atoms with Crippen molar-refractivity contribution in [2.45, 2.75) is 6.92 Å². The first-order chi connectivity index (χ1) is 8.63. The van der Waals surface area contributed by atoms with Gasteiger partial charge in [-0.2, -0.15) is 0 Å². The molecule has 0 bridgehead atoms. The molecule has 2 aromatic rings. The maximum atomic E-state index is 11.9. The Balaban J connectivity index is 2.26. The maximum Gasteiger partial charge on any atom is 0.350 e. The zero-order valence-corrected chi connectivity index (χ0v) is 11.4. The predicted octanol–water partition coefficient (Wildman–Crippen LogP) is 2.55. The Labute approximate surface area is 111 Å². The molecule has 0 aliphatic heterocycles. The minimum atomic E-state index is -0.451. The number of carbonyl (C=O) groups is 2. The van der Waals surface area contributed by atoms with Crippen molar-refractivity contribution in [2.75, 3.05) is 12.4 Å². The molecule has 0 radical (unpaired) electrons. The number of esters is 1. The molecule has 0 unspecified atom stereocenters. The fourth-order valence-electron chi connectivity index (χ4n) is 1.35. The summed E-state index contributed by atoms with van der Waals surface area (Å²) in [6.07, 6.45) is 1.49. The highest BCUT2D eigenvalue weighted by molar-refractivity contribution is 7.13. The molecule has 0 saturated carbocycles. The van der Waals surface area contributed by atoms with Crippen LogP contribution in [0.1, 0.15) is 24.9 Å². The van der Waals surface area contributed by atoms with E-state index in [0.717, 1.165) is 5.56 Å². The molecular formula is C11H10N2O3S2. The first-order valence-electron chi connectivity index (χ1n) is 4.99. The smallest absolute Gasteiger partial charge is 0.350 e. The number of thiazole rings is 1. The van der Waals surface area contributed by atoms with Crippen LogP contribution in [0, 0.1) is 6.92 Å². The van der Waals surface area contributed by atoms with Crippen molar-refractivity contribution in [2.24, 2.45) is 0 Å². The number of amides is 1. The lowest BCUT2D eigenvalue weighted by Gasteiger charge is -2.05. The number of carbonyl (C=O) groups excluding carboxylic acids is 2. The SMILES string of the molecule is COC(=O)c1scc(C)c1NC(=O)c1cncs1. The van der Waals surface area contributed by atoms with Crippen LogP contribution < -0.4 is 5.32 Å². The number of hydrogen-bond acceptors (Lipinski definition) is 6. The molecule has 1 N–H and O–H groups in total. The van der Waals surface area contributed by atoms with E-state index in [1.807, 2.05) is 6.92 Å². The third kappa shape index (κ3) is 2.41. The van der Waals surface area contributed by atoms with Crippen LogP contribution in [0.3, 0.4) is 0 Å². The van der Waals surface area contributed by atoms with E-state index in [-0.39, 0.29) is 5.91 Å². The van der Waals surface area contributed by atoms with Gasteiger partial charge < -0.3 is 10.1 Å². The zero-order valence-electron chi connectivity index (χ0n) is 9.72. The molecule has 0 spiro atoms. The molecule has 0 aliphatic rings. The molecule has 18 heavy (non-hydrogen) atoms. The minimum absolute atomic E-state index is 0.274. The summed E-state index contributed by atoms with van der Waals surface area (Å²) in [4.78, 5) is 28.2. The lowest BCUT2D eigenvalue weighted by atomic mass is 10.2. The Morgan fingerprint density at radius 2 is 2.17 bits per heavy atom. The lowest BCUT2D eigenvalue weighted by Crippen LogP contribution is -2.13. The van der Waals surface area contributed by atoms with Crippen molar-refractivity contribution in [3.8, 4) is 0 Å². The van der Waals surface area contributed by atoms with Crippen LogP contribution in [0.15, 0.2) is 17.1 Å². The van der Waals surface area contributed by atoms with Gasteiger partial charge in [-0.25, -0.2) is 4.79 Å². The van der Waals surface area contributed by atoms with E-state index >= 15 is 0 Å². The maximum absolute atomic E-state index is 11.9. The Bertz CT molecular complexity index is 575. The number of nitrogens with one attached hydrogen (secondary N) is 1. The molecule has 0 atom stereocenters. The van der Waals surface area contributed by atoms with Gasteiger partial charge in [0.1, 0.15) is 9.75 Å². The first kappa shape index (κ1) is 12.7. The number of rotatable bonds is 3. The summed E-state index contributed by atoms with van der Waals surface area (Å²) in [6, 6.07) is 0. The summed E-state index contributed by atoms with van der Waals surface area (Å²) in [5, 5.41) is 4.52. The van der Waals surface area contributed by atoms with Crippen molar-refractivity contribution in [3.63, 3.8) is 0 Å². The molecule has 0 saturated heterocycles. The third-order valence-electron chi connectivity index (χ3n) is 2.24. The number of aromatic nitrogens is 1. The minimum Gasteiger partial charge on any atom is -0.465 e. The Morgan fingerprint density at radius 3 is 2.78 bits per heavy atom. The molecule has 5 nitrogen and oxygen atoms in total. The largest absolute Gasteiger partial charge is 0.465 e. The van der Waals surface area contributed by atoms with Crippen molar-refractivity contribution < 1.29 is 14.3 Å². The number of nitrogens with zero attached hydrogens (tertiary/aromatic N) is 1. The van der Waals surface area contributed by atoms with Gasteiger partial charge in [-0.05, 0) is 17.9 Å². The number of hydrogen-bond donors (Lipinski definition) is 1. The van der Waals surface area contributed by atoms with E-state index in [0.29, 0.717) is 15.4 Å². The second-order valence-corrected chi connectivity index (χ2v) is 5.20. The fourth-order valence-corrected chi connectivity index (χ4v) is 2.78. The van der Waals surface area contributed by atoms with Crippen LogP contribution in [0.5, 0.6) is 0 Å². The van der Waals surface area contributed by atoms with Crippen LogP contribution in [-0.4, -0.2) is 24.0 Å². The number of anilines is 1. The molecular weight excluding hydrogens is 272 g/mol. The van der Waals surface area contributed by atoms with Gasteiger partial charge in [-0.3, -0.25) is 9.78 Å². The average molecular weight is 282 g/mol. The Hall–Kier alpha value is -1.73. The third-order valence-corrected chi connectivity index (χ3v) is 4.09. The highest BCUT2D eigenvalue weighted by Gasteiger charge is 2.19. The summed E-state index contributed by atoms with van der Waals surface area (Å²) >= 11 is 2.49. The molecule has 1 amide bonds. The summed E-state index contributed by atoms with van der Waals surface area (Å²) < 4.78 is 4.67. The van der Waals surface area contributed by atoms with Crippen molar-refractivity contribution in [3.05, 3.63) is 32.4 Å². The van der Waals surface area contributed by atoms with Gasteiger partial charge in [-0.15, -0.1) is 22.7 Å². The van der Waals surface area contributed by atoms with Crippen LogP contribution in [0.2, 0.25) is 0 Å². The van der Waals surface area contributed by atoms with Gasteiger partial charge in [0.15, 0.2) is 0 Å². The van der Waals surface area contributed by atoms with E-state index in [4.69, 9.17) is 0 Å². The quantitative estimate of drug-likeness (QED) is 0.878. The number of methoxy groups -OCH3 is 1. The lowest BCUT2D eigenvalue weighted by molar-refractivity contribution is 0.0607. The molecule has 94 valence electrons. The van der Waals surface area contributed by atoms with Crippen molar-refractivity contribution in [1.82, 2.24) is 4.98 Å². The van der Waals surface area contributed by atoms with Crippen LogP contribution >= 0.6 is 22.7 Å². The molecule has 0 fully saturated rings. The monoisotopic (exact) mass is 282 g/mol. The van der Waals surface area contributed by atoms with Gasteiger partial charge in [0.05, 0.1) is 24.5 Å². The summed E-state index contributed by atoms with van der Waals surface area (Å²) in [5.41, 5.74) is 2.92. The van der Waals surface area contributed by atoms with Gasteiger partial charge >= 0.3 is 5.97 Å². The molecule has 0 aromatic carbocycles. The molecule has 7 heteroatoms. The van der Waals surface area contributed by atoms with Gasteiger partial charge in [0.25, 0.3) is 5.91 Å². The predicted molar refractivity (Wildman–Crippen MR) is 70.5 cm³/mol. The molecule has 2 heterocycles. The topological polar surface area (TPSA) is 68.3 Å². The molecule has 2 aromatic heterocycles. The highest BCUT2D eigenvalue weighted by atomic mass is 32.1. The summed E-state index contributed by atoms with van der Waals surface area (Å²) in [6.45, 7) is 1.82. The number of aryl methyl sites for hydroxylation is 1. The molecule has 0 aliphatic carbocycles. The summed E-state index contributed by atoms with van der Waals surface area (Å²) in [5.74, 6) is -0.725. The van der Waals surface area contributed by atoms with Crippen LogP contribution in [0.25, 0.3) is 0 Å². The van der Waals surface area contributed by atoms with Gasteiger partial charge in [0, 0.05) is 0 Å². The second-order valence-electron chi connectivity index (χ2n) is 3.43. The normalized spacial score (nSPS) is 10.1. The Kier molecular flexibility index (Phi) is 3.73. The number of thiophene rings is 1. The van der Waals surface area contributed by atoms with Crippen molar-refractivity contribution in [1.29, 1.82) is 0 Å². The van der Waals surface area contributed by atoms with Crippen molar-refractivity contribution >= 4 is 40.2 Å². The highest BCUT2D eigenvalue weighted by Crippen LogP contribution is 2.28. The average Bonchev–Trinajstić information content (AvgIpc) is 2.99. The number of ether oxygens (including phenoxy) is 1. The fraction of sp³-hybridized carbons (Fsp3) is 0.182. The van der Waals surface area contributed by atoms with E-state index in [2.05, 4.69) is 15.0 Å². The summed E-state index contributed by atoms with van der Waals surface area (Å²) in [7, 11) is 1.31. The van der Waals surface area contributed by atoms with Crippen LogP contribution in [0.4, 0.5) is 5.69 Å². The zero-order chi connectivity index (χ0) is 13.1. The van der Waals surface area contributed by atoms with Gasteiger partial charge in [0.2, 0.25) is 0 Å². The van der Waals surface area contributed by atoms with Gasteiger partial charge in [-0.1, -0.05) is 0 Å². The molecule has 2 rings (SSSR count).